The lowest BCUT2D eigenvalue weighted by molar-refractivity contribution is 1.45. The summed E-state index contributed by atoms with van der Waals surface area (Å²) in [6.07, 6.45) is 0. The van der Waals surface area contributed by atoms with E-state index in [0.29, 0.717) is 5.88 Å². The van der Waals surface area contributed by atoms with E-state index in [4.69, 9.17) is 11.6 Å². The Hall–Kier alpha value is -1.38. The first-order chi connectivity index (χ1) is 8.31. The van der Waals surface area contributed by atoms with Crippen LogP contribution in [0.3, 0.4) is 0 Å². The molecule has 0 aliphatic rings. The van der Waals surface area contributed by atoms with Crippen LogP contribution in [0.1, 0.15) is 5.56 Å². The highest BCUT2D eigenvalue weighted by Crippen LogP contribution is 2.26. The van der Waals surface area contributed by atoms with Crippen molar-refractivity contribution >= 4 is 43.1 Å². The van der Waals surface area contributed by atoms with Gasteiger partial charge in [-0.05, 0) is 23.8 Å². The van der Waals surface area contributed by atoms with Gasteiger partial charge in [-0.25, -0.2) is 0 Å². The van der Waals surface area contributed by atoms with E-state index in [2.05, 4.69) is 0 Å². The zero-order valence-corrected chi connectivity index (χ0v) is 10.5. The van der Waals surface area contributed by atoms with Crippen LogP contribution in [0.15, 0.2) is 47.3 Å². The van der Waals surface area contributed by atoms with Crippen molar-refractivity contribution in [2.75, 3.05) is 0 Å². The minimum atomic E-state index is 0.0885. The van der Waals surface area contributed by atoms with E-state index < -0.39 is 0 Å². The summed E-state index contributed by atoms with van der Waals surface area (Å²) in [5, 5.41) is 1.55. The van der Waals surface area contributed by atoms with Gasteiger partial charge in [0.2, 0.25) is 0 Å². The number of benzene rings is 2. The Bertz CT molecular complexity index is 761. The number of rotatable bonds is 1. The minimum absolute atomic E-state index is 0.0885. The Kier molecular flexibility index (Phi) is 2.61. The predicted molar refractivity (Wildman–Crippen MR) is 75.2 cm³/mol. The smallest absolute Gasteiger partial charge is 0.196 e. The molecule has 3 heteroatoms. The standard InChI is InChI=1S/C14H9ClOS/c15-8-9-4-3-7-12-13(9)14(16)10-5-1-2-6-11(10)17-12/h1-7H,8H2. The molecule has 84 valence electrons. The van der Waals surface area contributed by atoms with E-state index >= 15 is 0 Å². The maximum Gasteiger partial charge on any atom is 0.196 e. The highest BCUT2D eigenvalue weighted by atomic mass is 35.5. The van der Waals surface area contributed by atoms with Crippen molar-refractivity contribution in [1.29, 1.82) is 0 Å². The molecular formula is C14H9ClOS. The van der Waals surface area contributed by atoms with E-state index in [1.165, 1.54) is 0 Å². The molecule has 3 aromatic rings. The Morgan fingerprint density at radius 1 is 1.00 bits per heavy atom. The van der Waals surface area contributed by atoms with Crippen LogP contribution < -0.4 is 5.43 Å². The summed E-state index contributed by atoms with van der Waals surface area (Å²) in [4.78, 5) is 12.4. The van der Waals surface area contributed by atoms with Crippen LogP contribution in [0.2, 0.25) is 0 Å². The van der Waals surface area contributed by atoms with Crippen molar-refractivity contribution in [2.24, 2.45) is 0 Å². The predicted octanol–water partition coefficient (Wildman–Crippen LogP) is 4.15. The first-order valence-electron chi connectivity index (χ1n) is 5.30. The summed E-state index contributed by atoms with van der Waals surface area (Å²) in [7, 11) is 0. The van der Waals surface area contributed by atoms with Crippen molar-refractivity contribution in [1.82, 2.24) is 0 Å². The molecule has 17 heavy (non-hydrogen) atoms. The molecule has 2 aromatic carbocycles. The molecule has 0 saturated heterocycles. The Morgan fingerprint density at radius 2 is 1.76 bits per heavy atom. The first kappa shape index (κ1) is 10.8. The van der Waals surface area contributed by atoms with Crippen molar-refractivity contribution in [3.63, 3.8) is 0 Å². The van der Waals surface area contributed by atoms with Crippen LogP contribution in [-0.4, -0.2) is 0 Å². The molecule has 0 saturated carbocycles. The molecule has 0 N–H and O–H groups in total. The van der Waals surface area contributed by atoms with Crippen molar-refractivity contribution in [3.05, 3.63) is 58.3 Å². The molecule has 3 rings (SSSR count). The Morgan fingerprint density at radius 3 is 2.59 bits per heavy atom. The average Bonchev–Trinajstić information content (AvgIpc) is 2.38. The summed E-state index contributed by atoms with van der Waals surface area (Å²) in [6.45, 7) is 0. The second kappa shape index (κ2) is 4.13. The van der Waals surface area contributed by atoms with Gasteiger partial charge < -0.3 is 0 Å². The van der Waals surface area contributed by atoms with E-state index in [1.807, 2.05) is 42.5 Å². The monoisotopic (exact) mass is 260 g/mol. The fourth-order valence-corrected chi connectivity index (χ4v) is 3.38. The zero-order chi connectivity index (χ0) is 11.8. The second-order valence-electron chi connectivity index (χ2n) is 3.85. The quantitative estimate of drug-likeness (QED) is 0.474. The van der Waals surface area contributed by atoms with Crippen LogP contribution in [0.4, 0.5) is 0 Å². The van der Waals surface area contributed by atoms with Gasteiger partial charge in [-0.3, -0.25) is 4.79 Å². The topological polar surface area (TPSA) is 17.1 Å². The molecule has 0 unspecified atom stereocenters. The molecular weight excluding hydrogens is 252 g/mol. The second-order valence-corrected chi connectivity index (χ2v) is 5.20. The maximum absolute atomic E-state index is 12.4. The van der Waals surface area contributed by atoms with E-state index in [1.54, 1.807) is 11.3 Å². The third kappa shape index (κ3) is 1.65. The molecule has 1 heterocycles. The largest absolute Gasteiger partial charge is 0.288 e. The van der Waals surface area contributed by atoms with Gasteiger partial charge in [-0.1, -0.05) is 24.3 Å². The van der Waals surface area contributed by atoms with E-state index in [0.717, 1.165) is 25.7 Å². The van der Waals surface area contributed by atoms with Crippen molar-refractivity contribution in [3.8, 4) is 0 Å². The fraction of sp³-hybridized carbons (Fsp3) is 0.0714. The van der Waals surface area contributed by atoms with Gasteiger partial charge in [0.05, 0.1) is 0 Å². The molecule has 0 amide bonds. The summed E-state index contributed by atoms with van der Waals surface area (Å²) in [5.74, 6) is 0.373. The number of fused-ring (bicyclic) bond motifs is 2. The molecule has 0 aliphatic carbocycles. The summed E-state index contributed by atoms with van der Waals surface area (Å²) >= 11 is 7.53. The lowest BCUT2D eigenvalue weighted by Gasteiger charge is -2.04. The van der Waals surface area contributed by atoms with Gasteiger partial charge in [0.15, 0.2) is 5.43 Å². The van der Waals surface area contributed by atoms with Crippen molar-refractivity contribution in [2.45, 2.75) is 5.88 Å². The average molecular weight is 261 g/mol. The van der Waals surface area contributed by atoms with Gasteiger partial charge in [0.25, 0.3) is 0 Å². The van der Waals surface area contributed by atoms with Gasteiger partial charge >= 0.3 is 0 Å². The lowest BCUT2D eigenvalue weighted by Crippen LogP contribution is -2.03. The molecule has 0 atom stereocenters. The number of hydrogen-bond donors (Lipinski definition) is 0. The third-order valence-corrected chi connectivity index (χ3v) is 4.26. The molecule has 1 aromatic heterocycles. The summed E-state index contributed by atoms with van der Waals surface area (Å²) in [6, 6.07) is 13.5. The highest BCUT2D eigenvalue weighted by Gasteiger charge is 2.08. The van der Waals surface area contributed by atoms with Crippen LogP contribution >= 0.6 is 22.9 Å². The Balaban J connectivity index is 2.60. The van der Waals surface area contributed by atoms with Gasteiger partial charge in [0.1, 0.15) is 0 Å². The fourth-order valence-electron chi connectivity index (χ4n) is 2.03. The van der Waals surface area contributed by atoms with Crippen LogP contribution in [0, 0.1) is 0 Å². The van der Waals surface area contributed by atoms with Crippen LogP contribution in [-0.2, 0) is 5.88 Å². The number of halogens is 1. The highest BCUT2D eigenvalue weighted by molar-refractivity contribution is 7.24. The first-order valence-corrected chi connectivity index (χ1v) is 6.66. The van der Waals surface area contributed by atoms with Gasteiger partial charge in [0, 0.05) is 26.1 Å². The molecule has 1 nitrogen and oxygen atoms in total. The number of hydrogen-bond acceptors (Lipinski definition) is 2. The summed E-state index contributed by atoms with van der Waals surface area (Å²) in [5.41, 5.74) is 1.00. The number of alkyl halides is 1. The zero-order valence-electron chi connectivity index (χ0n) is 8.94. The SMILES string of the molecule is O=c1c2ccccc2sc2cccc(CCl)c12. The van der Waals surface area contributed by atoms with E-state index in [-0.39, 0.29) is 5.43 Å². The Labute approximate surface area is 107 Å². The lowest BCUT2D eigenvalue weighted by atomic mass is 10.1. The molecule has 0 radical (unpaired) electrons. The molecule has 0 bridgehead atoms. The molecule has 0 aliphatic heterocycles. The summed E-state index contributed by atoms with van der Waals surface area (Å²) < 4.78 is 2.03. The van der Waals surface area contributed by atoms with Gasteiger partial charge in [-0.15, -0.1) is 22.9 Å². The third-order valence-electron chi connectivity index (χ3n) is 2.84. The molecule has 0 spiro atoms. The normalized spacial score (nSPS) is 11.1. The van der Waals surface area contributed by atoms with Crippen molar-refractivity contribution < 1.29 is 0 Å². The minimum Gasteiger partial charge on any atom is -0.288 e. The molecule has 0 fully saturated rings. The van der Waals surface area contributed by atoms with Crippen LogP contribution in [0.25, 0.3) is 20.2 Å². The van der Waals surface area contributed by atoms with E-state index in [9.17, 15) is 4.79 Å². The van der Waals surface area contributed by atoms with Gasteiger partial charge in [-0.2, -0.15) is 0 Å². The van der Waals surface area contributed by atoms with Crippen LogP contribution in [0.5, 0.6) is 0 Å². The maximum atomic E-state index is 12.4.